The Hall–Kier alpha value is -2.61. The number of hydrogen-bond donors (Lipinski definition) is 1. The molecule has 0 bridgehead atoms. The third kappa shape index (κ3) is 6.20. The minimum absolute atomic E-state index is 0. The first-order valence-electron chi connectivity index (χ1n) is 11.7. The summed E-state index contributed by atoms with van der Waals surface area (Å²) in [6.07, 6.45) is 7.98. The maximum atomic E-state index is 11.7. The van der Waals surface area contributed by atoms with E-state index in [0.29, 0.717) is 0 Å². The maximum absolute atomic E-state index is 11.7. The van der Waals surface area contributed by atoms with Crippen LogP contribution in [0.3, 0.4) is 0 Å². The van der Waals surface area contributed by atoms with Crippen molar-refractivity contribution in [1.82, 2.24) is 24.8 Å². The number of aromatic amines is 1. The molecule has 183 valence electrons. The zero-order chi connectivity index (χ0) is 24.8. The van der Waals surface area contributed by atoms with Gasteiger partial charge in [-0.3, -0.25) is 9.78 Å². The van der Waals surface area contributed by atoms with Crippen LogP contribution in [0.1, 0.15) is 35.3 Å². The molecule has 1 aliphatic heterocycles. The molecular formula is C28H30N5OSY-. The maximum Gasteiger partial charge on any atom is 0.161 e. The summed E-state index contributed by atoms with van der Waals surface area (Å²) in [6, 6.07) is 10.4. The third-order valence-corrected chi connectivity index (χ3v) is 6.92. The Morgan fingerprint density at radius 3 is 2.50 bits per heavy atom. The molecule has 8 heteroatoms. The van der Waals surface area contributed by atoms with E-state index in [0.717, 1.165) is 71.0 Å². The molecule has 6 nitrogen and oxygen atoms in total. The summed E-state index contributed by atoms with van der Waals surface area (Å²) in [4.78, 5) is 28.2. The summed E-state index contributed by atoms with van der Waals surface area (Å²) < 4.78 is 0. The Balaban J connectivity index is 0.000000198. The molecule has 36 heavy (non-hydrogen) atoms. The molecule has 1 aliphatic rings. The number of fused-ring (bicyclic) bond motifs is 1. The number of carbonyl (C=O) groups is 1. The normalized spacial score (nSPS) is 12.9. The topological polar surface area (TPSA) is 65.1 Å². The molecule has 0 saturated carbocycles. The predicted octanol–water partition coefficient (Wildman–Crippen LogP) is 5.67. The summed E-state index contributed by atoms with van der Waals surface area (Å²) in [7, 11) is 0. The molecule has 0 atom stereocenters. The van der Waals surface area contributed by atoms with Gasteiger partial charge in [0, 0.05) is 93.6 Å². The molecule has 1 saturated heterocycles. The van der Waals surface area contributed by atoms with Crippen LogP contribution >= 0.6 is 11.3 Å². The van der Waals surface area contributed by atoms with Crippen LogP contribution in [-0.2, 0) is 39.1 Å². The Bertz CT molecular complexity index is 1310. The molecule has 1 N–H and O–H groups in total. The van der Waals surface area contributed by atoms with E-state index >= 15 is 0 Å². The molecule has 1 radical (unpaired) electrons. The number of aromatic nitrogens is 3. The summed E-state index contributed by atoms with van der Waals surface area (Å²) in [5.74, 6) is 0.0591. The van der Waals surface area contributed by atoms with Crippen molar-refractivity contribution in [2.45, 2.75) is 20.3 Å². The molecule has 0 aliphatic carbocycles. The molecule has 0 unspecified atom stereocenters. The van der Waals surface area contributed by atoms with Crippen LogP contribution in [0.15, 0.2) is 68.3 Å². The average molecular weight is 574 g/mol. The van der Waals surface area contributed by atoms with Gasteiger partial charge in [0.1, 0.15) is 0 Å². The second kappa shape index (κ2) is 13.1. The van der Waals surface area contributed by atoms with E-state index in [1.165, 1.54) is 16.9 Å². The van der Waals surface area contributed by atoms with Crippen molar-refractivity contribution in [3.8, 4) is 10.7 Å². The zero-order valence-electron chi connectivity index (χ0n) is 20.8. The van der Waals surface area contributed by atoms with Gasteiger partial charge in [-0.15, -0.1) is 0 Å². The number of Topliss-reactive ketones (excluding diaryl/α,β-unsaturated/α-hetero) is 1. The fourth-order valence-electron chi connectivity index (χ4n) is 4.21. The first kappa shape index (κ1) is 28.0. The second-order valence-electron chi connectivity index (χ2n) is 8.30. The molecule has 0 amide bonds. The van der Waals surface area contributed by atoms with E-state index in [1.807, 2.05) is 18.5 Å². The summed E-state index contributed by atoms with van der Waals surface area (Å²) in [5.41, 5.74) is 5.81. The van der Waals surface area contributed by atoms with Gasteiger partial charge in [-0.2, -0.15) is 5.38 Å². The number of nitrogens with zero attached hydrogens (tertiary/aromatic N) is 4. The van der Waals surface area contributed by atoms with E-state index in [4.69, 9.17) is 0 Å². The Morgan fingerprint density at radius 2 is 1.92 bits per heavy atom. The summed E-state index contributed by atoms with van der Waals surface area (Å²) in [6.45, 7) is 15.8. The van der Waals surface area contributed by atoms with E-state index in [9.17, 15) is 4.79 Å². The van der Waals surface area contributed by atoms with Gasteiger partial charge in [0.05, 0.1) is 5.52 Å². The Labute approximate surface area is 242 Å². The Morgan fingerprint density at radius 1 is 1.19 bits per heavy atom. The Kier molecular flexibility index (Phi) is 10.2. The molecule has 4 aromatic rings. The summed E-state index contributed by atoms with van der Waals surface area (Å²) >= 11 is 1.42. The minimum atomic E-state index is 0. The van der Waals surface area contributed by atoms with Crippen LogP contribution in [0.5, 0.6) is 0 Å². The van der Waals surface area contributed by atoms with Gasteiger partial charge in [-0.05, 0) is 35.7 Å². The van der Waals surface area contributed by atoms with E-state index < -0.39 is 0 Å². The third-order valence-electron chi connectivity index (χ3n) is 6.20. The summed E-state index contributed by atoms with van der Waals surface area (Å²) in [5, 5.41) is 4.74. The molecule has 4 heterocycles. The standard InChI is InChI=1S/C14H12N3OS.C14H18N2.Y/c1-3-9-6-16-13(14-15-4-5-19-14)12-11(9)10(7-17-12)8(2)18;1-3-15-9-11-16(12-10-15)13(2)14-7-5-4-6-8-14;/h4,6-7,17H,3H2,1-2H3;3-8H,1-2,9-12H2;/q-1;;. The predicted molar refractivity (Wildman–Crippen MR) is 144 cm³/mol. The fraction of sp³-hybridized carbons (Fsp3) is 0.250. The quantitative estimate of drug-likeness (QED) is 0.238. The second-order valence-corrected chi connectivity index (χ2v) is 9.12. The number of benzene rings is 1. The van der Waals surface area contributed by atoms with Crippen LogP contribution in [0.25, 0.3) is 27.3 Å². The van der Waals surface area contributed by atoms with Crippen molar-refractivity contribution in [2.24, 2.45) is 0 Å². The smallest absolute Gasteiger partial charge is 0.161 e. The number of pyridine rings is 1. The number of thiazole rings is 1. The van der Waals surface area contributed by atoms with E-state index in [1.54, 1.807) is 19.3 Å². The van der Waals surface area contributed by atoms with Gasteiger partial charge < -0.3 is 31.1 Å². The van der Waals surface area contributed by atoms with Crippen molar-refractivity contribution in [1.29, 1.82) is 0 Å². The van der Waals surface area contributed by atoms with Crippen molar-refractivity contribution >= 4 is 33.7 Å². The van der Waals surface area contributed by atoms with Gasteiger partial charge in [0.15, 0.2) is 5.78 Å². The monoisotopic (exact) mass is 573 g/mol. The van der Waals surface area contributed by atoms with Crippen LogP contribution in [0.2, 0.25) is 0 Å². The van der Waals surface area contributed by atoms with Crippen molar-refractivity contribution in [3.63, 3.8) is 0 Å². The molecule has 1 aromatic carbocycles. The van der Waals surface area contributed by atoms with Crippen molar-refractivity contribution in [2.75, 3.05) is 26.2 Å². The first-order valence-corrected chi connectivity index (χ1v) is 12.5. The van der Waals surface area contributed by atoms with Crippen molar-refractivity contribution < 1.29 is 37.5 Å². The van der Waals surface area contributed by atoms with Gasteiger partial charge in [0.2, 0.25) is 0 Å². The average Bonchev–Trinajstić information content (AvgIpc) is 3.60. The SMILES string of the molecule is C=CN1CCN(C(=C)c2ccccc2)CC1.CCc1cnc(-c2nc[c-]s2)c2[nH]cc(C(C)=O)c12.[Y]. The number of ketones is 1. The number of H-pyrrole nitrogens is 1. The number of carbonyl (C=O) groups excluding carboxylic acids is 1. The van der Waals surface area contributed by atoms with E-state index in [-0.39, 0.29) is 38.5 Å². The van der Waals surface area contributed by atoms with Crippen molar-refractivity contribution in [3.05, 3.63) is 90.4 Å². The van der Waals surface area contributed by atoms with E-state index in [2.05, 4.69) is 74.5 Å². The number of hydrogen-bond acceptors (Lipinski definition) is 6. The number of aryl methyl sites for hydroxylation is 1. The molecule has 0 spiro atoms. The molecule has 5 rings (SSSR count). The van der Waals surface area contributed by atoms with Crippen LogP contribution < -0.4 is 0 Å². The number of rotatable bonds is 6. The van der Waals surface area contributed by atoms with Crippen LogP contribution in [-0.4, -0.2) is 56.7 Å². The number of nitrogens with one attached hydrogen (secondary N) is 1. The molecule has 1 fully saturated rings. The van der Waals surface area contributed by atoms with Crippen LogP contribution in [0, 0.1) is 5.38 Å². The van der Waals surface area contributed by atoms with Gasteiger partial charge in [0.25, 0.3) is 0 Å². The largest absolute Gasteiger partial charge is 0.374 e. The zero-order valence-corrected chi connectivity index (χ0v) is 24.5. The van der Waals surface area contributed by atoms with Gasteiger partial charge in [-0.25, -0.2) is 0 Å². The van der Waals surface area contributed by atoms with Gasteiger partial charge >= 0.3 is 0 Å². The first-order chi connectivity index (χ1) is 17.0. The van der Waals surface area contributed by atoms with Gasteiger partial charge in [-0.1, -0.05) is 56.6 Å². The fourth-order valence-corrected chi connectivity index (χ4v) is 4.79. The number of piperazine rings is 1. The molecular weight excluding hydrogens is 543 g/mol. The molecule has 3 aromatic heterocycles. The minimum Gasteiger partial charge on any atom is -0.374 e. The van der Waals surface area contributed by atoms with Crippen LogP contribution in [0.4, 0.5) is 0 Å².